The minimum atomic E-state index is -3.24. The van der Waals surface area contributed by atoms with Crippen LogP contribution in [0.1, 0.15) is 10.4 Å². The topological polar surface area (TPSA) is 63.2 Å². The monoisotopic (exact) mass is 369 g/mol. The van der Waals surface area contributed by atoms with Crippen LogP contribution in [0.3, 0.4) is 0 Å². The molecule has 0 radical (unpaired) electrons. The first-order valence-corrected chi connectivity index (χ1v) is 8.44. The maximum Gasteiger partial charge on any atom is 0.254 e. The molecule has 0 saturated carbocycles. The van der Waals surface area contributed by atoms with Gasteiger partial charge in [0.25, 0.3) is 5.91 Å². The molecule has 1 heterocycles. The lowest BCUT2D eigenvalue weighted by atomic mass is 10.1. The quantitative estimate of drug-likeness (QED) is 0.806. The predicted octanol–water partition coefficient (Wildman–Crippen LogP) is 1.72. The Balaban J connectivity index is 2.16. The zero-order valence-electron chi connectivity index (χ0n) is 9.57. The van der Waals surface area contributed by atoms with Crippen molar-refractivity contribution in [2.75, 3.05) is 11.5 Å². The number of carbonyl (C=O) groups excluding carboxylic acids is 1. The van der Waals surface area contributed by atoms with Gasteiger partial charge in [0.05, 0.1) is 28.5 Å². The summed E-state index contributed by atoms with van der Waals surface area (Å²) in [6.07, 6.45) is 0. The molecule has 1 fully saturated rings. The summed E-state index contributed by atoms with van der Waals surface area (Å²) in [5.74, 6) is -1.75. The van der Waals surface area contributed by atoms with E-state index in [4.69, 9.17) is 11.6 Å². The number of rotatable bonds is 2. The third-order valence-corrected chi connectivity index (χ3v) is 5.64. The van der Waals surface area contributed by atoms with Gasteiger partial charge in [0.2, 0.25) is 0 Å². The molecule has 0 aliphatic carbocycles. The fourth-order valence-electron chi connectivity index (χ4n) is 1.85. The molecule has 1 saturated heterocycles. The molecular formula is C11H10BrClFNO3S. The standard InChI is InChI=1S/C11H10BrClFNO3S/c12-6-1-2-9(14)7(3-6)11(16)15-10-5-19(17,18)4-8(10)13/h1-3,8,10H,4-5H2,(H,15,16). The average molecular weight is 371 g/mol. The van der Waals surface area contributed by atoms with E-state index in [1.807, 2.05) is 0 Å². The Morgan fingerprint density at radius 1 is 1.42 bits per heavy atom. The van der Waals surface area contributed by atoms with Crippen LogP contribution in [-0.2, 0) is 9.84 Å². The van der Waals surface area contributed by atoms with Crippen LogP contribution < -0.4 is 5.32 Å². The van der Waals surface area contributed by atoms with Crippen LogP contribution in [0.5, 0.6) is 0 Å². The zero-order chi connectivity index (χ0) is 14.2. The molecule has 1 aliphatic heterocycles. The third kappa shape index (κ3) is 3.46. The molecule has 1 aliphatic rings. The first-order valence-electron chi connectivity index (χ1n) is 5.39. The van der Waals surface area contributed by atoms with Crippen LogP contribution in [0.4, 0.5) is 4.39 Å². The number of carbonyl (C=O) groups is 1. The minimum Gasteiger partial charge on any atom is -0.347 e. The van der Waals surface area contributed by atoms with Crippen molar-refractivity contribution in [2.24, 2.45) is 0 Å². The number of amides is 1. The Bertz CT molecular complexity index is 622. The van der Waals surface area contributed by atoms with E-state index < -0.39 is 33.0 Å². The lowest BCUT2D eigenvalue weighted by Crippen LogP contribution is -2.40. The van der Waals surface area contributed by atoms with Crippen LogP contribution in [0.2, 0.25) is 0 Å². The molecule has 2 rings (SSSR count). The second kappa shape index (κ2) is 5.38. The number of sulfone groups is 1. The van der Waals surface area contributed by atoms with Gasteiger partial charge >= 0.3 is 0 Å². The van der Waals surface area contributed by atoms with Gasteiger partial charge in [0.15, 0.2) is 9.84 Å². The summed E-state index contributed by atoms with van der Waals surface area (Å²) in [4.78, 5) is 11.9. The highest BCUT2D eigenvalue weighted by atomic mass is 79.9. The molecule has 1 amide bonds. The van der Waals surface area contributed by atoms with Crippen molar-refractivity contribution >= 4 is 43.3 Å². The van der Waals surface area contributed by atoms with Gasteiger partial charge in [-0.1, -0.05) is 15.9 Å². The van der Waals surface area contributed by atoms with Crippen LogP contribution in [0, 0.1) is 5.82 Å². The molecular weight excluding hydrogens is 361 g/mol. The average Bonchev–Trinajstić information content (AvgIpc) is 2.55. The van der Waals surface area contributed by atoms with E-state index in [0.29, 0.717) is 4.47 Å². The van der Waals surface area contributed by atoms with Crippen LogP contribution >= 0.6 is 27.5 Å². The van der Waals surface area contributed by atoms with E-state index in [1.54, 1.807) is 0 Å². The van der Waals surface area contributed by atoms with E-state index in [1.165, 1.54) is 12.1 Å². The number of benzene rings is 1. The first-order chi connectivity index (χ1) is 8.78. The van der Waals surface area contributed by atoms with Crippen molar-refractivity contribution in [3.8, 4) is 0 Å². The van der Waals surface area contributed by atoms with Crippen molar-refractivity contribution in [2.45, 2.75) is 11.4 Å². The summed E-state index contributed by atoms with van der Waals surface area (Å²) in [5, 5.41) is 1.77. The molecule has 1 N–H and O–H groups in total. The van der Waals surface area contributed by atoms with E-state index in [2.05, 4.69) is 21.2 Å². The molecule has 1 aromatic rings. The number of nitrogens with one attached hydrogen (secondary N) is 1. The van der Waals surface area contributed by atoms with Gasteiger partial charge in [0.1, 0.15) is 5.82 Å². The SMILES string of the molecule is O=C(NC1CS(=O)(=O)CC1Cl)c1cc(Br)ccc1F. The third-order valence-electron chi connectivity index (χ3n) is 2.77. The Hall–Kier alpha value is -0.660. The molecule has 0 spiro atoms. The van der Waals surface area contributed by atoms with Crippen LogP contribution in [-0.4, -0.2) is 37.2 Å². The Morgan fingerprint density at radius 2 is 2.11 bits per heavy atom. The summed E-state index contributed by atoms with van der Waals surface area (Å²) in [6, 6.07) is 3.26. The number of halogens is 3. The second-order valence-electron chi connectivity index (χ2n) is 4.30. The molecule has 0 aromatic heterocycles. The number of hydrogen-bond donors (Lipinski definition) is 1. The highest BCUT2D eigenvalue weighted by Gasteiger charge is 2.37. The van der Waals surface area contributed by atoms with Gasteiger partial charge in [-0.2, -0.15) is 0 Å². The zero-order valence-corrected chi connectivity index (χ0v) is 12.7. The van der Waals surface area contributed by atoms with E-state index in [0.717, 1.165) is 6.07 Å². The maximum atomic E-state index is 13.5. The number of alkyl halides is 1. The van der Waals surface area contributed by atoms with E-state index in [9.17, 15) is 17.6 Å². The van der Waals surface area contributed by atoms with Gasteiger partial charge in [-0.05, 0) is 18.2 Å². The normalized spacial score (nSPS) is 25.2. The second-order valence-corrected chi connectivity index (χ2v) is 7.93. The number of hydrogen-bond acceptors (Lipinski definition) is 3. The first kappa shape index (κ1) is 14.7. The van der Waals surface area contributed by atoms with E-state index in [-0.39, 0.29) is 17.1 Å². The molecule has 104 valence electrons. The van der Waals surface area contributed by atoms with Gasteiger partial charge < -0.3 is 5.32 Å². The predicted molar refractivity (Wildman–Crippen MR) is 73.6 cm³/mol. The van der Waals surface area contributed by atoms with Crippen molar-refractivity contribution in [1.29, 1.82) is 0 Å². The molecule has 2 unspecified atom stereocenters. The van der Waals surface area contributed by atoms with Crippen molar-refractivity contribution < 1.29 is 17.6 Å². The fraction of sp³-hybridized carbons (Fsp3) is 0.364. The molecule has 1 aromatic carbocycles. The highest BCUT2D eigenvalue weighted by molar-refractivity contribution is 9.10. The molecule has 0 bridgehead atoms. The van der Waals surface area contributed by atoms with Gasteiger partial charge in [-0.3, -0.25) is 4.79 Å². The smallest absolute Gasteiger partial charge is 0.254 e. The Morgan fingerprint density at radius 3 is 2.68 bits per heavy atom. The molecule has 2 atom stereocenters. The summed E-state index contributed by atoms with van der Waals surface area (Å²) in [5.41, 5.74) is -0.150. The molecule has 4 nitrogen and oxygen atoms in total. The van der Waals surface area contributed by atoms with Crippen molar-refractivity contribution in [3.63, 3.8) is 0 Å². The van der Waals surface area contributed by atoms with Gasteiger partial charge in [-0.25, -0.2) is 12.8 Å². The van der Waals surface area contributed by atoms with Gasteiger partial charge in [0, 0.05) is 4.47 Å². The minimum absolute atomic E-state index is 0.150. The van der Waals surface area contributed by atoms with Crippen molar-refractivity contribution in [1.82, 2.24) is 5.32 Å². The van der Waals surface area contributed by atoms with Crippen LogP contribution in [0.25, 0.3) is 0 Å². The summed E-state index contributed by atoms with van der Waals surface area (Å²) in [6.45, 7) is 0. The van der Waals surface area contributed by atoms with Crippen molar-refractivity contribution in [3.05, 3.63) is 34.1 Å². The van der Waals surface area contributed by atoms with Gasteiger partial charge in [-0.15, -0.1) is 11.6 Å². The van der Waals surface area contributed by atoms with E-state index >= 15 is 0 Å². The Labute approximate surface area is 123 Å². The Kier molecular flexibility index (Phi) is 4.17. The highest BCUT2D eigenvalue weighted by Crippen LogP contribution is 2.20. The lowest BCUT2D eigenvalue weighted by molar-refractivity contribution is 0.0937. The van der Waals surface area contributed by atoms with Crippen LogP contribution in [0.15, 0.2) is 22.7 Å². The lowest BCUT2D eigenvalue weighted by Gasteiger charge is -2.14. The summed E-state index contributed by atoms with van der Waals surface area (Å²) in [7, 11) is -3.24. The summed E-state index contributed by atoms with van der Waals surface area (Å²) >= 11 is 9.01. The molecule has 8 heteroatoms. The summed E-state index contributed by atoms with van der Waals surface area (Å²) < 4.78 is 36.8. The largest absolute Gasteiger partial charge is 0.347 e. The fourth-order valence-corrected chi connectivity index (χ4v) is 4.77. The molecule has 19 heavy (non-hydrogen) atoms. The maximum absolute atomic E-state index is 13.5.